The Balaban J connectivity index is 0.853. The Bertz CT molecular complexity index is 529. The van der Waals surface area contributed by atoms with Crippen LogP contribution >= 0.6 is 0 Å². The van der Waals surface area contributed by atoms with E-state index in [1.807, 2.05) is 0 Å². The summed E-state index contributed by atoms with van der Waals surface area (Å²) in [5.74, 6) is -1.70. The van der Waals surface area contributed by atoms with Gasteiger partial charge in [-0.1, -0.05) is 77.0 Å². The van der Waals surface area contributed by atoms with Crippen LogP contribution < -0.4 is 0 Å². The second kappa shape index (κ2) is 7.97. The van der Waals surface area contributed by atoms with E-state index in [0.717, 1.165) is 19.3 Å². The van der Waals surface area contributed by atoms with Gasteiger partial charge < -0.3 is 9.47 Å². The van der Waals surface area contributed by atoms with Crippen LogP contribution in [0.3, 0.4) is 0 Å². The molecule has 0 saturated carbocycles. The van der Waals surface area contributed by atoms with Crippen molar-refractivity contribution in [3.63, 3.8) is 0 Å². The molecule has 6 nitrogen and oxygen atoms in total. The second-order valence-corrected chi connectivity index (χ2v) is 8.46. The number of esters is 1. The summed E-state index contributed by atoms with van der Waals surface area (Å²) in [5.41, 5.74) is 0. The summed E-state index contributed by atoms with van der Waals surface area (Å²) in [4.78, 5) is 11.0. The van der Waals surface area contributed by atoms with E-state index in [-0.39, 0.29) is 12.1 Å². The average Bonchev–Trinajstić information content (AvgIpc) is 3.55. The molecule has 4 heterocycles. The van der Waals surface area contributed by atoms with Crippen LogP contribution in [0.4, 0.5) is 0 Å². The van der Waals surface area contributed by atoms with Gasteiger partial charge in [0.1, 0.15) is 6.10 Å². The monoisotopic (exact) mass is 382 g/mol. The number of carbonyl (C=O) groups excluding carboxylic acids is 1. The third-order valence-corrected chi connectivity index (χ3v) is 6.38. The van der Waals surface area contributed by atoms with E-state index >= 15 is 0 Å². The first-order valence-corrected chi connectivity index (χ1v) is 11.0. The van der Waals surface area contributed by atoms with Gasteiger partial charge in [0, 0.05) is 6.42 Å². The lowest BCUT2D eigenvalue weighted by molar-refractivity contribution is -0.166. The summed E-state index contributed by atoms with van der Waals surface area (Å²) in [6.45, 7) is 0. The smallest absolute Gasteiger partial charge is 0.355 e. The van der Waals surface area contributed by atoms with Gasteiger partial charge in [-0.05, 0) is 12.8 Å². The molecule has 0 aliphatic carbocycles. The number of hydrogen-bond acceptors (Lipinski definition) is 6. The number of unbranched alkanes of at least 4 members (excludes halogenated alkanes) is 12. The predicted molar refractivity (Wildman–Crippen MR) is 97.6 cm³/mol. The van der Waals surface area contributed by atoms with Gasteiger partial charge in [-0.25, -0.2) is 0 Å². The summed E-state index contributed by atoms with van der Waals surface area (Å²) in [5, 5.41) is 0. The third-order valence-electron chi connectivity index (χ3n) is 6.38. The number of ether oxygens (including phenoxy) is 5. The van der Waals surface area contributed by atoms with E-state index in [0.29, 0.717) is 6.42 Å². The Morgan fingerprint density at radius 2 is 1.30 bits per heavy atom. The van der Waals surface area contributed by atoms with Crippen LogP contribution in [0.1, 0.15) is 96.3 Å². The highest BCUT2D eigenvalue weighted by Gasteiger charge is 3.16. The molecule has 4 aliphatic heterocycles. The van der Waals surface area contributed by atoms with E-state index in [1.54, 1.807) is 0 Å². The first-order valence-electron chi connectivity index (χ1n) is 11.0. The van der Waals surface area contributed by atoms with Gasteiger partial charge in [0.15, 0.2) is 0 Å². The Labute approximate surface area is 162 Å². The molecule has 154 valence electrons. The van der Waals surface area contributed by atoms with E-state index in [4.69, 9.17) is 18.9 Å². The first kappa shape index (κ1) is 19.6. The molecule has 2 unspecified atom stereocenters. The van der Waals surface area contributed by atoms with Gasteiger partial charge in [-0.15, -0.1) is 0 Å². The number of carbonyl (C=O) groups is 1. The minimum Gasteiger partial charge on any atom is -0.469 e. The molecule has 0 N–H and O–H groups in total. The molecular weight excluding hydrogens is 348 g/mol. The minimum atomic E-state index is -0.647. The lowest BCUT2D eigenvalue weighted by Crippen LogP contribution is -2.39. The largest absolute Gasteiger partial charge is 0.469 e. The molecule has 4 rings (SSSR count). The maximum atomic E-state index is 11.0. The Hall–Kier alpha value is -0.690. The molecular formula is C21H34O6. The summed E-state index contributed by atoms with van der Waals surface area (Å²) in [7, 11) is 1.46. The van der Waals surface area contributed by atoms with Crippen LogP contribution in [-0.2, 0) is 28.5 Å². The van der Waals surface area contributed by atoms with Crippen molar-refractivity contribution in [2.75, 3.05) is 7.11 Å². The second-order valence-electron chi connectivity index (χ2n) is 8.46. The molecule has 4 saturated heterocycles. The summed E-state index contributed by atoms with van der Waals surface area (Å²) >= 11 is 0. The van der Waals surface area contributed by atoms with Gasteiger partial charge in [-0.2, -0.15) is 0 Å². The molecule has 0 aromatic rings. The van der Waals surface area contributed by atoms with E-state index in [2.05, 4.69) is 4.74 Å². The molecule has 4 aliphatic rings. The van der Waals surface area contributed by atoms with Crippen molar-refractivity contribution in [3.05, 3.63) is 0 Å². The molecule has 0 aromatic carbocycles. The molecule has 0 bridgehead atoms. The molecule has 0 amide bonds. The molecule has 0 aromatic heterocycles. The van der Waals surface area contributed by atoms with E-state index < -0.39 is 17.5 Å². The highest BCUT2D eigenvalue weighted by Crippen LogP contribution is 2.88. The van der Waals surface area contributed by atoms with Gasteiger partial charge in [0.25, 0.3) is 5.79 Å². The zero-order valence-corrected chi connectivity index (χ0v) is 16.6. The maximum Gasteiger partial charge on any atom is 0.355 e. The molecule has 0 radical (unpaired) electrons. The number of methoxy groups -OCH3 is 1. The molecule has 6 heteroatoms. The minimum absolute atomic E-state index is 0.0799. The zero-order chi connectivity index (χ0) is 18.8. The fourth-order valence-corrected chi connectivity index (χ4v) is 4.47. The highest BCUT2D eigenvalue weighted by atomic mass is 17.2. The van der Waals surface area contributed by atoms with Crippen LogP contribution in [0.5, 0.6) is 0 Å². The normalized spacial score (nSPS) is 36.7. The predicted octanol–water partition coefficient (Wildman–Crippen LogP) is 4.55. The van der Waals surface area contributed by atoms with E-state index in [1.165, 1.54) is 77.7 Å². The SMILES string of the molecule is COC(=O)CCCCCCCCCCCCCCCC1OC12OC13OC12O3. The van der Waals surface area contributed by atoms with Gasteiger partial charge in [-0.3, -0.25) is 19.0 Å². The van der Waals surface area contributed by atoms with Gasteiger partial charge >= 0.3 is 17.7 Å². The topological polar surface area (TPSA) is 73.1 Å². The van der Waals surface area contributed by atoms with Crippen LogP contribution in [-0.4, -0.2) is 36.7 Å². The maximum absolute atomic E-state index is 11.0. The van der Waals surface area contributed by atoms with Crippen LogP contribution in [0, 0.1) is 0 Å². The standard InChI is InChI=1S/C21H34O6/c1-23-18(22)16-14-12-10-8-6-4-2-3-5-7-9-11-13-15-17-19(24-17)20-21(25-19,26-20)27-20/h17H,2-16H2,1H3. The summed E-state index contributed by atoms with van der Waals surface area (Å²) in [6, 6.07) is 0. The van der Waals surface area contributed by atoms with Crippen molar-refractivity contribution in [3.8, 4) is 0 Å². The Kier molecular flexibility index (Phi) is 5.79. The summed E-state index contributed by atoms with van der Waals surface area (Å²) < 4.78 is 26.6. The zero-order valence-electron chi connectivity index (χ0n) is 16.6. The number of hydrogen-bond donors (Lipinski definition) is 0. The molecule has 2 atom stereocenters. The van der Waals surface area contributed by atoms with Gasteiger partial charge in [0.2, 0.25) is 0 Å². The Morgan fingerprint density at radius 3 is 1.74 bits per heavy atom. The van der Waals surface area contributed by atoms with Crippen molar-refractivity contribution < 1.29 is 28.5 Å². The Morgan fingerprint density at radius 1 is 0.778 bits per heavy atom. The van der Waals surface area contributed by atoms with Crippen molar-refractivity contribution in [1.29, 1.82) is 0 Å². The quantitative estimate of drug-likeness (QED) is 0.222. The van der Waals surface area contributed by atoms with Crippen molar-refractivity contribution in [1.82, 2.24) is 0 Å². The lowest BCUT2D eigenvalue weighted by atomic mass is 10.0. The fraction of sp³-hybridized carbons (Fsp3) is 0.952. The molecule has 4 fully saturated rings. The van der Waals surface area contributed by atoms with Gasteiger partial charge in [0.05, 0.1) is 7.11 Å². The fourth-order valence-electron chi connectivity index (χ4n) is 4.47. The van der Waals surface area contributed by atoms with Crippen molar-refractivity contribution in [2.24, 2.45) is 0 Å². The lowest BCUT2D eigenvalue weighted by Gasteiger charge is -2.10. The average molecular weight is 382 g/mol. The van der Waals surface area contributed by atoms with E-state index in [9.17, 15) is 4.79 Å². The third kappa shape index (κ3) is 3.78. The number of rotatable bonds is 16. The van der Waals surface area contributed by atoms with Crippen molar-refractivity contribution >= 4 is 5.97 Å². The van der Waals surface area contributed by atoms with Crippen LogP contribution in [0.2, 0.25) is 0 Å². The van der Waals surface area contributed by atoms with Crippen molar-refractivity contribution in [2.45, 2.75) is 120 Å². The summed E-state index contributed by atoms with van der Waals surface area (Å²) in [6.07, 6.45) is 18.4. The van der Waals surface area contributed by atoms with Crippen LogP contribution in [0.25, 0.3) is 0 Å². The number of epoxide rings is 3. The molecule has 1 spiro atoms. The first-order chi connectivity index (χ1) is 13.2. The highest BCUT2D eigenvalue weighted by molar-refractivity contribution is 5.68. The van der Waals surface area contributed by atoms with Crippen LogP contribution in [0.15, 0.2) is 0 Å². The molecule has 27 heavy (non-hydrogen) atoms.